The molecular formula is C16H31NO. The highest BCUT2D eigenvalue weighted by atomic mass is 16.5. The molecule has 18 heavy (non-hydrogen) atoms. The van der Waals surface area contributed by atoms with Gasteiger partial charge in [0.1, 0.15) is 0 Å². The molecule has 0 aromatic heterocycles. The molecule has 2 fully saturated rings. The Hall–Kier alpha value is -0.0800. The van der Waals surface area contributed by atoms with Gasteiger partial charge in [0.25, 0.3) is 0 Å². The van der Waals surface area contributed by atoms with Gasteiger partial charge in [0.05, 0.1) is 6.61 Å². The Bertz CT molecular complexity index is 207. The summed E-state index contributed by atoms with van der Waals surface area (Å²) in [4.78, 5) is 0. The molecule has 1 unspecified atom stereocenters. The third kappa shape index (κ3) is 4.55. The molecule has 2 heteroatoms. The Labute approximate surface area is 113 Å². The van der Waals surface area contributed by atoms with Crippen LogP contribution in [0.15, 0.2) is 0 Å². The number of nitrogens with one attached hydrogen (secondary N) is 1. The van der Waals surface area contributed by atoms with Crippen LogP contribution < -0.4 is 5.32 Å². The fourth-order valence-electron chi connectivity index (χ4n) is 3.71. The number of hydrogen-bond donors (Lipinski definition) is 1. The fraction of sp³-hybridized carbons (Fsp3) is 1.00. The molecule has 1 atom stereocenters. The van der Waals surface area contributed by atoms with Crippen molar-refractivity contribution in [3.63, 3.8) is 0 Å². The van der Waals surface area contributed by atoms with E-state index in [1.807, 2.05) is 0 Å². The normalized spacial score (nSPS) is 25.2. The van der Waals surface area contributed by atoms with Crippen LogP contribution in [0.5, 0.6) is 0 Å². The summed E-state index contributed by atoms with van der Waals surface area (Å²) in [6.45, 7) is 1.93. The first-order valence-electron chi connectivity index (χ1n) is 8.15. The van der Waals surface area contributed by atoms with Crippen molar-refractivity contribution >= 4 is 0 Å². The van der Waals surface area contributed by atoms with E-state index in [1.54, 1.807) is 0 Å². The van der Waals surface area contributed by atoms with E-state index in [9.17, 15) is 0 Å². The van der Waals surface area contributed by atoms with E-state index in [1.165, 1.54) is 64.2 Å². The van der Waals surface area contributed by atoms with E-state index in [-0.39, 0.29) is 0 Å². The first-order chi connectivity index (χ1) is 8.90. The molecule has 0 aliphatic heterocycles. The van der Waals surface area contributed by atoms with Gasteiger partial charge in [-0.2, -0.15) is 0 Å². The maximum Gasteiger partial charge on any atom is 0.0622 e. The Morgan fingerprint density at radius 2 is 1.56 bits per heavy atom. The molecule has 2 nitrogen and oxygen atoms in total. The molecule has 0 radical (unpaired) electrons. The highest BCUT2D eigenvalue weighted by Gasteiger charge is 2.23. The maximum absolute atomic E-state index is 6.02. The number of rotatable bonds is 6. The minimum Gasteiger partial charge on any atom is -0.380 e. The fourth-order valence-corrected chi connectivity index (χ4v) is 3.71. The Kier molecular flexibility index (Phi) is 6.50. The number of ether oxygens (including phenoxy) is 1. The summed E-state index contributed by atoms with van der Waals surface area (Å²) < 4.78 is 6.02. The van der Waals surface area contributed by atoms with Crippen molar-refractivity contribution < 1.29 is 4.74 Å². The lowest BCUT2D eigenvalue weighted by molar-refractivity contribution is 0.0538. The molecular weight excluding hydrogens is 222 g/mol. The molecule has 106 valence electrons. The Balaban J connectivity index is 1.63. The van der Waals surface area contributed by atoms with Gasteiger partial charge in [0, 0.05) is 12.6 Å². The minimum absolute atomic E-state index is 0.592. The van der Waals surface area contributed by atoms with E-state index < -0.39 is 0 Å². The molecule has 2 aliphatic rings. The molecule has 1 N–H and O–H groups in total. The van der Waals surface area contributed by atoms with Gasteiger partial charge in [0.15, 0.2) is 0 Å². The van der Waals surface area contributed by atoms with Crippen molar-refractivity contribution in [1.29, 1.82) is 0 Å². The average molecular weight is 253 g/mol. The molecule has 0 saturated heterocycles. The van der Waals surface area contributed by atoms with Crippen LogP contribution in [0.3, 0.4) is 0 Å². The lowest BCUT2D eigenvalue weighted by Crippen LogP contribution is -2.39. The van der Waals surface area contributed by atoms with Gasteiger partial charge in [-0.1, -0.05) is 38.5 Å². The summed E-state index contributed by atoms with van der Waals surface area (Å²) in [7, 11) is 2.10. The third-order valence-electron chi connectivity index (χ3n) is 4.97. The summed E-state index contributed by atoms with van der Waals surface area (Å²) in [5, 5.41) is 3.48. The molecule has 2 aliphatic carbocycles. The van der Waals surface area contributed by atoms with E-state index in [2.05, 4.69) is 12.4 Å². The topological polar surface area (TPSA) is 21.3 Å². The van der Waals surface area contributed by atoms with Gasteiger partial charge in [0.2, 0.25) is 0 Å². The SMILES string of the molecule is CNC(COCC1CCCCC1)C1CCCCC1. The number of hydrogen-bond acceptors (Lipinski definition) is 2. The van der Waals surface area contributed by atoms with Crippen LogP contribution in [-0.2, 0) is 4.74 Å². The van der Waals surface area contributed by atoms with Gasteiger partial charge >= 0.3 is 0 Å². The van der Waals surface area contributed by atoms with E-state index >= 15 is 0 Å². The maximum atomic E-state index is 6.02. The largest absolute Gasteiger partial charge is 0.380 e. The van der Waals surface area contributed by atoms with Crippen molar-refractivity contribution in [3.8, 4) is 0 Å². The summed E-state index contributed by atoms with van der Waals surface area (Å²) in [6, 6.07) is 0.592. The van der Waals surface area contributed by atoms with E-state index in [4.69, 9.17) is 4.74 Å². The first-order valence-corrected chi connectivity index (χ1v) is 8.15. The van der Waals surface area contributed by atoms with Gasteiger partial charge in [-0.15, -0.1) is 0 Å². The minimum atomic E-state index is 0.592. The predicted molar refractivity (Wildman–Crippen MR) is 76.8 cm³/mol. The molecule has 0 aromatic carbocycles. The van der Waals surface area contributed by atoms with Crippen molar-refractivity contribution in [2.75, 3.05) is 20.3 Å². The molecule has 0 aromatic rings. The second kappa shape index (κ2) is 8.16. The van der Waals surface area contributed by atoms with Crippen LogP contribution in [0.4, 0.5) is 0 Å². The summed E-state index contributed by atoms with van der Waals surface area (Å²) >= 11 is 0. The summed E-state index contributed by atoms with van der Waals surface area (Å²) in [5.41, 5.74) is 0. The molecule has 0 heterocycles. The highest BCUT2D eigenvalue weighted by molar-refractivity contribution is 4.78. The highest BCUT2D eigenvalue weighted by Crippen LogP contribution is 2.27. The van der Waals surface area contributed by atoms with Gasteiger partial charge in [-0.3, -0.25) is 0 Å². The quantitative estimate of drug-likeness (QED) is 0.778. The van der Waals surface area contributed by atoms with Crippen LogP contribution in [0.2, 0.25) is 0 Å². The predicted octanol–water partition coefficient (Wildman–Crippen LogP) is 3.75. The lowest BCUT2D eigenvalue weighted by atomic mass is 9.84. The smallest absolute Gasteiger partial charge is 0.0622 e. The number of likely N-dealkylation sites (N-methyl/N-ethyl adjacent to an activating group) is 1. The first kappa shape index (κ1) is 14.3. The molecule has 2 saturated carbocycles. The van der Waals surface area contributed by atoms with Crippen LogP contribution in [-0.4, -0.2) is 26.3 Å². The van der Waals surface area contributed by atoms with Gasteiger partial charge in [-0.25, -0.2) is 0 Å². The zero-order valence-corrected chi connectivity index (χ0v) is 12.1. The second-order valence-corrected chi connectivity index (χ2v) is 6.33. The van der Waals surface area contributed by atoms with Crippen molar-refractivity contribution in [3.05, 3.63) is 0 Å². The zero-order chi connectivity index (χ0) is 12.6. The van der Waals surface area contributed by atoms with Crippen LogP contribution >= 0.6 is 0 Å². The van der Waals surface area contributed by atoms with E-state index in [0.29, 0.717) is 6.04 Å². The second-order valence-electron chi connectivity index (χ2n) is 6.33. The standard InChI is InChI=1S/C16H31NO/c1-17-16(15-10-6-3-7-11-15)13-18-12-14-8-4-2-5-9-14/h14-17H,2-13H2,1H3. The van der Waals surface area contributed by atoms with E-state index in [0.717, 1.165) is 25.0 Å². The van der Waals surface area contributed by atoms with Crippen molar-refractivity contribution in [2.45, 2.75) is 70.3 Å². The van der Waals surface area contributed by atoms with Crippen molar-refractivity contribution in [1.82, 2.24) is 5.32 Å². The van der Waals surface area contributed by atoms with Gasteiger partial charge < -0.3 is 10.1 Å². The van der Waals surface area contributed by atoms with Crippen LogP contribution in [0.1, 0.15) is 64.2 Å². The molecule has 0 spiro atoms. The average Bonchev–Trinajstić information content (AvgIpc) is 2.46. The van der Waals surface area contributed by atoms with Crippen LogP contribution in [0.25, 0.3) is 0 Å². The molecule has 2 rings (SSSR count). The monoisotopic (exact) mass is 253 g/mol. The summed E-state index contributed by atoms with van der Waals surface area (Å²) in [5.74, 6) is 1.71. The third-order valence-corrected chi connectivity index (χ3v) is 4.97. The van der Waals surface area contributed by atoms with Gasteiger partial charge in [-0.05, 0) is 44.6 Å². The molecule has 0 amide bonds. The Morgan fingerprint density at radius 3 is 2.17 bits per heavy atom. The molecule has 0 bridgehead atoms. The van der Waals surface area contributed by atoms with Crippen LogP contribution in [0, 0.1) is 11.8 Å². The van der Waals surface area contributed by atoms with Crippen molar-refractivity contribution in [2.24, 2.45) is 11.8 Å². The zero-order valence-electron chi connectivity index (χ0n) is 12.1. The summed E-state index contributed by atoms with van der Waals surface area (Å²) in [6.07, 6.45) is 14.2. The Morgan fingerprint density at radius 1 is 0.944 bits per heavy atom. The lowest BCUT2D eigenvalue weighted by Gasteiger charge is -2.30.